The van der Waals surface area contributed by atoms with Crippen molar-refractivity contribution in [1.82, 2.24) is 9.97 Å². The largest absolute Gasteiger partial charge is 0.327 e. The zero-order chi connectivity index (χ0) is 23.8. The molecule has 0 radical (unpaired) electrons. The van der Waals surface area contributed by atoms with Gasteiger partial charge >= 0.3 is 6.03 Å². The van der Waals surface area contributed by atoms with Crippen LogP contribution in [0.15, 0.2) is 30.5 Å². The fourth-order valence-electron chi connectivity index (χ4n) is 4.70. The molecule has 0 saturated heterocycles. The SMILES string of the molecule is C[SiH](C)ON(c1ncc2c(n1)NC(=O)N(c1ccccc1Cl)C2)[C@H]1CC[C@H](C(C)(C)C)CC1. The van der Waals surface area contributed by atoms with E-state index in [0.29, 0.717) is 40.4 Å². The fourth-order valence-corrected chi connectivity index (χ4v) is 5.66. The minimum Gasteiger partial charge on any atom is -0.321 e. The molecule has 0 atom stereocenters. The molecule has 1 aliphatic carbocycles. The second-order valence-electron chi connectivity index (χ2n) is 10.4. The van der Waals surface area contributed by atoms with E-state index >= 15 is 0 Å². The number of anilines is 3. The van der Waals surface area contributed by atoms with Gasteiger partial charge in [0.1, 0.15) is 5.82 Å². The number of benzene rings is 1. The molecule has 178 valence electrons. The number of carbonyl (C=O) groups is 1. The van der Waals surface area contributed by atoms with E-state index in [4.69, 9.17) is 21.1 Å². The summed E-state index contributed by atoms with van der Waals surface area (Å²) in [5.74, 6) is 1.78. The molecule has 4 rings (SSSR count). The highest BCUT2D eigenvalue weighted by Crippen LogP contribution is 2.40. The van der Waals surface area contributed by atoms with Crippen molar-refractivity contribution in [2.24, 2.45) is 11.3 Å². The average Bonchev–Trinajstić information content (AvgIpc) is 2.76. The van der Waals surface area contributed by atoms with Gasteiger partial charge in [-0.15, -0.1) is 0 Å². The number of nitrogens with one attached hydrogen (secondary N) is 1. The molecule has 9 heteroatoms. The Kier molecular flexibility index (Phi) is 6.98. The van der Waals surface area contributed by atoms with Crippen LogP contribution >= 0.6 is 11.6 Å². The van der Waals surface area contributed by atoms with Gasteiger partial charge < -0.3 is 4.53 Å². The monoisotopic (exact) mass is 487 g/mol. The second-order valence-corrected chi connectivity index (χ2v) is 13.1. The van der Waals surface area contributed by atoms with E-state index in [1.54, 1.807) is 17.2 Å². The summed E-state index contributed by atoms with van der Waals surface area (Å²) in [5, 5.41) is 5.38. The number of rotatable bonds is 5. The lowest BCUT2D eigenvalue weighted by molar-refractivity contribution is 0.133. The summed E-state index contributed by atoms with van der Waals surface area (Å²) >= 11 is 6.32. The van der Waals surface area contributed by atoms with Gasteiger partial charge in [-0.3, -0.25) is 10.2 Å². The predicted molar refractivity (Wildman–Crippen MR) is 136 cm³/mol. The van der Waals surface area contributed by atoms with Crippen LogP contribution in [0.25, 0.3) is 0 Å². The van der Waals surface area contributed by atoms with Crippen LogP contribution in [0, 0.1) is 11.3 Å². The molecule has 1 aromatic heterocycles. The summed E-state index contributed by atoms with van der Waals surface area (Å²) in [4.78, 5) is 23.9. The molecule has 1 aliphatic heterocycles. The third-order valence-electron chi connectivity index (χ3n) is 6.57. The number of nitrogens with zero attached hydrogens (tertiary/aromatic N) is 4. The maximum atomic E-state index is 12.9. The first-order valence-electron chi connectivity index (χ1n) is 11.8. The Bertz CT molecular complexity index is 1000. The van der Waals surface area contributed by atoms with Gasteiger partial charge in [-0.1, -0.05) is 44.5 Å². The van der Waals surface area contributed by atoms with E-state index in [-0.39, 0.29) is 12.1 Å². The molecule has 0 spiro atoms. The molecule has 1 N–H and O–H groups in total. The Balaban J connectivity index is 1.56. The highest BCUT2D eigenvalue weighted by molar-refractivity contribution is 6.48. The molecule has 0 unspecified atom stereocenters. The van der Waals surface area contributed by atoms with Crippen molar-refractivity contribution in [3.05, 3.63) is 41.0 Å². The molecule has 0 bridgehead atoms. The Morgan fingerprint density at radius 1 is 1.18 bits per heavy atom. The number of fused-ring (bicyclic) bond motifs is 1. The standard InChI is InChI=1S/C24H34ClN5O2Si/c1-24(2,3)17-10-12-18(13-11-17)30(32-33(4)5)22-26-14-16-15-29(23(31)28-21(16)27-22)20-9-7-6-8-19(20)25/h6-9,14,17-18,33H,10-13,15H2,1-5H3,(H,26,27,28,31)/t17-,18-. The van der Waals surface area contributed by atoms with Crippen LogP contribution in [-0.4, -0.2) is 31.1 Å². The molecule has 2 heterocycles. The minimum absolute atomic E-state index is 0.246. The summed E-state index contributed by atoms with van der Waals surface area (Å²) in [7, 11) is -1.38. The molecule has 1 aromatic carbocycles. The molecule has 2 aliphatic rings. The Labute approximate surface area is 203 Å². The van der Waals surface area contributed by atoms with Gasteiger partial charge in [0.25, 0.3) is 5.95 Å². The molecule has 1 saturated carbocycles. The number of hydrogen-bond donors (Lipinski definition) is 1. The van der Waals surface area contributed by atoms with Crippen molar-refractivity contribution in [2.45, 2.75) is 72.1 Å². The maximum Gasteiger partial charge on any atom is 0.327 e. The van der Waals surface area contributed by atoms with Crippen molar-refractivity contribution < 1.29 is 9.32 Å². The third kappa shape index (κ3) is 5.33. The third-order valence-corrected chi connectivity index (χ3v) is 7.54. The lowest BCUT2D eigenvalue weighted by atomic mass is 9.71. The van der Waals surface area contributed by atoms with Gasteiger partial charge in [0.05, 0.1) is 23.3 Å². The normalized spacial score (nSPS) is 21.1. The lowest BCUT2D eigenvalue weighted by Crippen LogP contribution is -2.44. The lowest BCUT2D eigenvalue weighted by Gasteiger charge is -2.41. The summed E-state index contributed by atoms with van der Waals surface area (Å²) in [5.41, 5.74) is 1.83. The number of aromatic nitrogens is 2. The van der Waals surface area contributed by atoms with E-state index in [0.717, 1.165) is 18.4 Å². The Morgan fingerprint density at radius 2 is 1.88 bits per heavy atom. The van der Waals surface area contributed by atoms with Crippen LogP contribution in [0.2, 0.25) is 18.1 Å². The van der Waals surface area contributed by atoms with Crippen LogP contribution in [0.3, 0.4) is 0 Å². The van der Waals surface area contributed by atoms with Gasteiger partial charge in [0.2, 0.25) is 9.04 Å². The van der Waals surface area contributed by atoms with Crippen LogP contribution in [-0.2, 0) is 11.1 Å². The first-order valence-corrected chi connectivity index (χ1v) is 14.9. The molecule has 7 nitrogen and oxygen atoms in total. The molecule has 1 fully saturated rings. The number of urea groups is 1. The fraction of sp³-hybridized carbons (Fsp3) is 0.542. The van der Waals surface area contributed by atoms with E-state index in [1.165, 1.54) is 12.8 Å². The van der Waals surface area contributed by atoms with Crippen LogP contribution in [0.4, 0.5) is 22.2 Å². The van der Waals surface area contributed by atoms with Crippen LogP contribution in [0.5, 0.6) is 0 Å². The van der Waals surface area contributed by atoms with Crippen molar-refractivity contribution >= 4 is 44.1 Å². The summed E-state index contributed by atoms with van der Waals surface area (Å²) in [6.45, 7) is 11.6. The summed E-state index contributed by atoms with van der Waals surface area (Å²) in [6.07, 6.45) is 6.23. The van der Waals surface area contributed by atoms with Crippen molar-refractivity contribution in [2.75, 3.05) is 15.3 Å². The van der Waals surface area contributed by atoms with Gasteiger partial charge in [-0.05, 0) is 62.2 Å². The molecule has 2 aromatic rings. The van der Waals surface area contributed by atoms with Crippen molar-refractivity contribution in [1.29, 1.82) is 0 Å². The van der Waals surface area contributed by atoms with Gasteiger partial charge in [-0.25, -0.2) is 14.8 Å². The molecular weight excluding hydrogens is 454 g/mol. The first-order chi connectivity index (χ1) is 15.6. The van der Waals surface area contributed by atoms with Crippen molar-refractivity contribution in [3.8, 4) is 0 Å². The number of para-hydroxylation sites is 1. The summed E-state index contributed by atoms with van der Waals surface area (Å²) in [6, 6.07) is 7.31. The Morgan fingerprint density at radius 3 is 2.52 bits per heavy atom. The quantitative estimate of drug-likeness (QED) is 0.413. The van der Waals surface area contributed by atoms with Crippen LogP contribution in [0.1, 0.15) is 52.0 Å². The van der Waals surface area contributed by atoms with E-state index in [9.17, 15) is 4.79 Å². The van der Waals surface area contributed by atoms with E-state index in [1.807, 2.05) is 23.3 Å². The zero-order valence-electron chi connectivity index (χ0n) is 20.1. The number of halogens is 1. The van der Waals surface area contributed by atoms with Gasteiger partial charge in [0.15, 0.2) is 0 Å². The zero-order valence-corrected chi connectivity index (χ0v) is 22.0. The second kappa shape index (κ2) is 9.60. The highest BCUT2D eigenvalue weighted by atomic mass is 35.5. The number of carbonyl (C=O) groups excluding carboxylic acids is 1. The predicted octanol–water partition coefficient (Wildman–Crippen LogP) is 6.01. The Hall–Kier alpha value is -2.16. The van der Waals surface area contributed by atoms with E-state index in [2.05, 4.69) is 44.2 Å². The smallest absolute Gasteiger partial charge is 0.321 e. The maximum absolute atomic E-state index is 12.9. The highest BCUT2D eigenvalue weighted by Gasteiger charge is 2.35. The van der Waals surface area contributed by atoms with Crippen LogP contribution < -0.4 is 15.3 Å². The van der Waals surface area contributed by atoms with Crippen molar-refractivity contribution in [3.63, 3.8) is 0 Å². The van der Waals surface area contributed by atoms with E-state index < -0.39 is 9.04 Å². The topological polar surface area (TPSA) is 70.6 Å². The average molecular weight is 488 g/mol. The number of amides is 2. The molecule has 2 amide bonds. The molecular formula is C24H34ClN5O2Si. The summed E-state index contributed by atoms with van der Waals surface area (Å²) < 4.78 is 6.33. The van der Waals surface area contributed by atoms with Gasteiger partial charge in [-0.2, -0.15) is 4.98 Å². The molecule has 33 heavy (non-hydrogen) atoms. The first kappa shape index (κ1) is 24.0. The van der Waals surface area contributed by atoms with Gasteiger partial charge in [0, 0.05) is 11.8 Å². The minimum atomic E-state index is -1.38. The number of hydrogen-bond acceptors (Lipinski definition) is 5. The number of hydroxylamine groups is 1.